The van der Waals surface area contributed by atoms with Gasteiger partial charge in [0.25, 0.3) is 0 Å². The number of benzene rings is 2. The Morgan fingerprint density at radius 3 is 2.55 bits per heavy atom. The zero-order valence-corrected chi connectivity index (χ0v) is 11.5. The van der Waals surface area contributed by atoms with E-state index in [0.29, 0.717) is 21.7 Å². The molecule has 0 radical (unpaired) electrons. The van der Waals surface area contributed by atoms with E-state index in [2.05, 4.69) is 9.97 Å². The predicted molar refractivity (Wildman–Crippen MR) is 78.3 cm³/mol. The summed E-state index contributed by atoms with van der Waals surface area (Å²) >= 11 is 11.9. The van der Waals surface area contributed by atoms with E-state index >= 15 is 0 Å². The highest BCUT2D eigenvalue weighted by Crippen LogP contribution is 2.40. The van der Waals surface area contributed by atoms with Crippen molar-refractivity contribution in [2.45, 2.75) is 0 Å². The quantitative estimate of drug-likeness (QED) is 0.667. The third-order valence-electron chi connectivity index (χ3n) is 2.87. The lowest BCUT2D eigenvalue weighted by Gasteiger charge is -2.08. The molecular formula is C14H8Cl2N2O2. The van der Waals surface area contributed by atoms with Gasteiger partial charge in [0, 0.05) is 5.02 Å². The number of phenols is 2. The highest BCUT2D eigenvalue weighted by molar-refractivity contribution is 6.33. The molecule has 4 nitrogen and oxygen atoms in total. The van der Waals surface area contributed by atoms with Gasteiger partial charge in [-0.3, -0.25) is 4.98 Å². The largest absolute Gasteiger partial charge is 0.504 e. The van der Waals surface area contributed by atoms with Gasteiger partial charge in [-0.1, -0.05) is 23.2 Å². The number of halogens is 2. The Labute approximate surface area is 124 Å². The minimum Gasteiger partial charge on any atom is -0.504 e. The molecule has 0 aliphatic rings. The fraction of sp³-hybridized carbons (Fsp3) is 0. The summed E-state index contributed by atoms with van der Waals surface area (Å²) in [5.74, 6) is -0.581. The Hall–Kier alpha value is -2.04. The van der Waals surface area contributed by atoms with Crippen LogP contribution in [-0.2, 0) is 0 Å². The highest BCUT2D eigenvalue weighted by atomic mass is 35.5. The van der Waals surface area contributed by atoms with Crippen molar-refractivity contribution in [1.82, 2.24) is 9.97 Å². The van der Waals surface area contributed by atoms with E-state index in [1.54, 1.807) is 18.2 Å². The molecule has 0 amide bonds. The molecule has 100 valence electrons. The van der Waals surface area contributed by atoms with Crippen molar-refractivity contribution in [2.75, 3.05) is 0 Å². The van der Waals surface area contributed by atoms with Crippen LogP contribution in [0.5, 0.6) is 11.5 Å². The van der Waals surface area contributed by atoms with E-state index in [0.717, 1.165) is 0 Å². The van der Waals surface area contributed by atoms with Crippen molar-refractivity contribution in [3.8, 4) is 22.8 Å². The van der Waals surface area contributed by atoms with E-state index in [-0.39, 0.29) is 22.1 Å². The van der Waals surface area contributed by atoms with Crippen LogP contribution in [0, 0.1) is 0 Å². The third kappa shape index (κ3) is 2.13. The minimum atomic E-state index is -0.319. The second-order valence-electron chi connectivity index (χ2n) is 4.18. The van der Waals surface area contributed by atoms with E-state index in [4.69, 9.17) is 23.2 Å². The monoisotopic (exact) mass is 306 g/mol. The second kappa shape index (κ2) is 4.81. The summed E-state index contributed by atoms with van der Waals surface area (Å²) < 4.78 is 0. The van der Waals surface area contributed by atoms with E-state index in [1.807, 2.05) is 0 Å². The number of rotatable bonds is 1. The summed E-state index contributed by atoms with van der Waals surface area (Å²) in [5, 5.41) is 20.3. The Kier molecular flexibility index (Phi) is 3.12. The predicted octanol–water partition coefficient (Wildman–Crippen LogP) is 4.01. The molecule has 0 atom stereocenters. The van der Waals surface area contributed by atoms with Crippen molar-refractivity contribution < 1.29 is 10.2 Å². The molecule has 0 fully saturated rings. The van der Waals surface area contributed by atoms with Crippen LogP contribution in [0.1, 0.15) is 0 Å². The average Bonchev–Trinajstić information content (AvgIpc) is 2.43. The Morgan fingerprint density at radius 2 is 1.75 bits per heavy atom. The molecule has 2 aromatic carbocycles. The van der Waals surface area contributed by atoms with Gasteiger partial charge in [0.05, 0.1) is 33.5 Å². The van der Waals surface area contributed by atoms with Crippen LogP contribution >= 0.6 is 23.2 Å². The van der Waals surface area contributed by atoms with Gasteiger partial charge in [-0.2, -0.15) is 0 Å². The SMILES string of the molecule is Oc1ccc(Cl)c(-c2cnc3cc(Cl)ccc3n2)c1O. The maximum Gasteiger partial charge on any atom is 0.168 e. The molecule has 20 heavy (non-hydrogen) atoms. The number of nitrogens with zero attached hydrogens (tertiary/aromatic N) is 2. The lowest BCUT2D eigenvalue weighted by molar-refractivity contribution is 0.405. The molecule has 0 bridgehead atoms. The molecule has 0 aliphatic heterocycles. The molecule has 0 unspecified atom stereocenters. The summed E-state index contributed by atoms with van der Waals surface area (Å²) in [6.45, 7) is 0. The fourth-order valence-electron chi connectivity index (χ4n) is 1.90. The van der Waals surface area contributed by atoms with Gasteiger partial charge >= 0.3 is 0 Å². The van der Waals surface area contributed by atoms with E-state index in [9.17, 15) is 10.2 Å². The summed E-state index contributed by atoms with van der Waals surface area (Å²) in [4.78, 5) is 8.60. The maximum atomic E-state index is 9.92. The molecule has 1 heterocycles. The first kappa shape index (κ1) is 13.0. The fourth-order valence-corrected chi connectivity index (χ4v) is 2.32. The molecular weight excluding hydrogens is 299 g/mol. The van der Waals surface area contributed by atoms with Crippen LogP contribution in [0.2, 0.25) is 10.0 Å². The topological polar surface area (TPSA) is 66.2 Å². The Balaban J connectivity index is 2.25. The minimum absolute atomic E-state index is 0.246. The summed E-state index contributed by atoms with van der Waals surface area (Å²) in [5.41, 5.74) is 1.87. The summed E-state index contributed by atoms with van der Waals surface area (Å²) in [7, 11) is 0. The van der Waals surface area contributed by atoms with Crippen LogP contribution in [0.4, 0.5) is 0 Å². The number of aromatic hydroxyl groups is 2. The zero-order valence-electron chi connectivity index (χ0n) is 10.0. The summed E-state index contributed by atoms with van der Waals surface area (Å²) in [6, 6.07) is 7.92. The van der Waals surface area contributed by atoms with Gasteiger partial charge in [-0.05, 0) is 30.3 Å². The number of hydrogen-bond acceptors (Lipinski definition) is 4. The smallest absolute Gasteiger partial charge is 0.168 e. The molecule has 0 spiro atoms. The number of hydrogen-bond donors (Lipinski definition) is 2. The van der Waals surface area contributed by atoms with Crippen LogP contribution in [0.25, 0.3) is 22.3 Å². The third-order valence-corrected chi connectivity index (χ3v) is 3.42. The molecule has 6 heteroatoms. The van der Waals surface area contributed by atoms with Crippen molar-refractivity contribution in [3.63, 3.8) is 0 Å². The Bertz CT molecular complexity index is 822. The number of fused-ring (bicyclic) bond motifs is 1. The summed E-state index contributed by atoms with van der Waals surface area (Å²) in [6.07, 6.45) is 1.47. The molecule has 0 saturated carbocycles. The van der Waals surface area contributed by atoms with Crippen LogP contribution < -0.4 is 0 Å². The standard InChI is InChI=1S/C14H8Cl2N2O2/c15-7-1-3-9-10(5-7)17-6-11(18-9)13-8(16)2-4-12(19)14(13)20/h1-6,19-20H. The molecule has 0 aliphatic carbocycles. The average molecular weight is 307 g/mol. The van der Waals surface area contributed by atoms with Crippen molar-refractivity contribution in [1.29, 1.82) is 0 Å². The van der Waals surface area contributed by atoms with E-state index < -0.39 is 0 Å². The molecule has 3 rings (SSSR count). The van der Waals surface area contributed by atoms with Gasteiger partial charge < -0.3 is 10.2 Å². The highest BCUT2D eigenvalue weighted by Gasteiger charge is 2.15. The second-order valence-corrected chi connectivity index (χ2v) is 5.02. The van der Waals surface area contributed by atoms with Gasteiger partial charge in [0.1, 0.15) is 0 Å². The molecule has 3 aromatic rings. The maximum absolute atomic E-state index is 9.92. The number of phenolic OH excluding ortho intramolecular Hbond substituents is 2. The molecule has 1 aromatic heterocycles. The van der Waals surface area contributed by atoms with Gasteiger partial charge in [-0.25, -0.2) is 4.98 Å². The normalized spacial score (nSPS) is 10.9. The van der Waals surface area contributed by atoms with Crippen LogP contribution in [0.15, 0.2) is 36.5 Å². The van der Waals surface area contributed by atoms with Crippen LogP contribution in [0.3, 0.4) is 0 Å². The lowest BCUT2D eigenvalue weighted by atomic mass is 10.1. The van der Waals surface area contributed by atoms with Gasteiger partial charge in [0.15, 0.2) is 11.5 Å². The Morgan fingerprint density at radius 1 is 0.950 bits per heavy atom. The van der Waals surface area contributed by atoms with Crippen molar-refractivity contribution in [2.24, 2.45) is 0 Å². The van der Waals surface area contributed by atoms with Gasteiger partial charge in [-0.15, -0.1) is 0 Å². The first-order chi connectivity index (χ1) is 9.56. The number of aromatic nitrogens is 2. The zero-order chi connectivity index (χ0) is 14.3. The van der Waals surface area contributed by atoms with Gasteiger partial charge in [0.2, 0.25) is 0 Å². The van der Waals surface area contributed by atoms with Crippen LogP contribution in [-0.4, -0.2) is 20.2 Å². The molecule has 0 saturated heterocycles. The lowest BCUT2D eigenvalue weighted by Crippen LogP contribution is -1.90. The van der Waals surface area contributed by atoms with Crippen molar-refractivity contribution in [3.05, 3.63) is 46.6 Å². The first-order valence-corrected chi connectivity index (χ1v) is 6.45. The first-order valence-electron chi connectivity index (χ1n) is 5.69. The van der Waals surface area contributed by atoms with E-state index in [1.165, 1.54) is 18.3 Å². The molecule has 2 N–H and O–H groups in total. The van der Waals surface area contributed by atoms with Crippen molar-refractivity contribution >= 4 is 34.2 Å².